The van der Waals surface area contributed by atoms with Gasteiger partial charge in [0.25, 0.3) is 0 Å². The minimum absolute atomic E-state index is 0. The Labute approximate surface area is 225 Å². The quantitative estimate of drug-likeness (QED) is 0.113. The van der Waals surface area contributed by atoms with E-state index in [2.05, 4.69) is 12.6 Å². The van der Waals surface area contributed by atoms with Crippen LogP contribution in [0.25, 0.3) is 0 Å². The topological polar surface area (TPSA) is 105 Å². The SMILES string of the molecule is CSCCCOc1ccccc1[N+](=O)[O-].C[S-].O=[N+]([O-])c1ccccc1OCCCCl.[Na+]. The first-order chi connectivity index (χ1) is 15.0. The third kappa shape index (κ3) is 14.1. The molecule has 0 aliphatic rings. The van der Waals surface area contributed by atoms with Crippen LogP contribution < -0.4 is 39.0 Å². The maximum Gasteiger partial charge on any atom is 1.00 e. The van der Waals surface area contributed by atoms with Crippen LogP contribution in [0.4, 0.5) is 11.4 Å². The number of hydrogen-bond acceptors (Lipinski definition) is 8. The molecular formula is C20H26ClN2NaO6S2. The van der Waals surface area contributed by atoms with Crippen LogP contribution in [-0.4, -0.2) is 47.2 Å². The number of alkyl halides is 1. The summed E-state index contributed by atoms with van der Waals surface area (Å²) in [4.78, 5) is 20.3. The summed E-state index contributed by atoms with van der Waals surface area (Å²) in [5, 5.41) is 21.2. The normalized spacial score (nSPS) is 9.12. The number of nitro groups is 2. The summed E-state index contributed by atoms with van der Waals surface area (Å²) in [5.74, 6) is 2.13. The number of benzene rings is 2. The molecule has 0 saturated heterocycles. The van der Waals surface area contributed by atoms with E-state index in [9.17, 15) is 20.2 Å². The number of ether oxygens (including phenoxy) is 2. The van der Waals surface area contributed by atoms with E-state index < -0.39 is 9.85 Å². The first-order valence-corrected chi connectivity index (χ1v) is 11.9. The van der Waals surface area contributed by atoms with Gasteiger partial charge in [0, 0.05) is 18.0 Å². The molecule has 0 fully saturated rings. The van der Waals surface area contributed by atoms with E-state index in [0.717, 1.165) is 12.2 Å². The first kappa shape index (κ1) is 33.0. The van der Waals surface area contributed by atoms with E-state index in [1.807, 2.05) is 6.26 Å². The summed E-state index contributed by atoms with van der Waals surface area (Å²) in [7, 11) is 0. The molecule has 2 aromatic rings. The standard InChI is InChI=1S/C10H13NO3S.C9H10ClNO3.CH4S.Na/c1-15-8-4-7-14-10-6-3-2-5-9(10)11(12)13;10-6-3-7-14-9-5-2-1-4-8(9)11(12)13;1-2;/h2-3,5-6H,4,7-8H2,1H3;1-2,4-5H,3,6-7H2;2H,1H3;/q;;;+1/p-1. The van der Waals surface area contributed by atoms with Crippen LogP contribution in [0, 0.1) is 20.2 Å². The van der Waals surface area contributed by atoms with Gasteiger partial charge in [-0.1, -0.05) is 24.3 Å². The van der Waals surface area contributed by atoms with Crippen LogP contribution in [0.5, 0.6) is 11.5 Å². The molecule has 0 spiro atoms. The molecule has 0 amide bonds. The summed E-state index contributed by atoms with van der Waals surface area (Å²) < 4.78 is 10.6. The molecule has 0 unspecified atom stereocenters. The summed E-state index contributed by atoms with van der Waals surface area (Å²) in [6, 6.07) is 12.7. The number of para-hydroxylation sites is 4. The van der Waals surface area contributed by atoms with Crippen molar-refractivity contribution in [1.82, 2.24) is 0 Å². The number of rotatable bonds is 11. The van der Waals surface area contributed by atoms with Crippen LogP contribution in [0.1, 0.15) is 12.8 Å². The van der Waals surface area contributed by atoms with E-state index in [0.29, 0.717) is 37.0 Å². The van der Waals surface area contributed by atoms with Crippen molar-refractivity contribution in [3.05, 3.63) is 68.8 Å². The Morgan fingerprint density at radius 1 is 0.875 bits per heavy atom. The average molecular weight is 513 g/mol. The fraction of sp³-hybridized carbons (Fsp3) is 0.400. The van der Waals surface area contributed by atoms with Gasteiger partial charge in [0.1, 0.15) is 0 Å². The molecule has 0 saturated carbocycles. The van der Waals surface area contributed by atoms with Crippen molar-refractivity contribution >= 4 is 47.4 Å². The number of nitrogens with zero attached hydrogens (tertiary/aromatic N) is 2. The maximum atomic E-state index is 10.6. The molecule has 2 aromatic carbocycles. The second-order valence-electron chi connectivity index (χ2n) is 5.54. The van der Waals surface area contributed by atoms with Crippen LogP contribution >= 0.6 is 23.4 Å². The molecular weight excluding hydrogens is 487 g/mol. The second kappa shape index (κ2) is 21.7. The summed E-state index contributed by atoms with van der Waals surface area (Å²) in [6.45, 7) is 0.917. The third-order valence-electron chi connectivity index (χ3n) is 3.41. The Kier molecular flexibility index (Phi) is 22.3. The minimum atomic E-state index is -0.462. The smallest absolute Gasteiger partial charge is 0.796 e. The molecule has 0 atom stereocenters. The molecule has 2 rings (SSSR count). The van der Waals surface area contributed by atoms with E-state index in [4.69, 9.17) is 21.1 Å². The fourth-order valence-electron chi connectivity index (χ4n) is 2.08. The molecule has 32 heavy (non-hydrogen) atoms. The Balaban J connectivity index is 0. The van der Waals surface area contributed by atoms with Gasteiger partial charge in [-0.2, -0.15) is 18.0 Å². The summed E-state index contributed by atoms with van der Waals surface area (Å²) in [6.07, 6.45) is 5.17. The van der Waals surface area contributed by atoms with Gasteiger partial charge >= 0.3 is 40.9 Å². The Hall–Kier alpha value is -1.17. The monoisotopic (exact) mass is 512 g/mol. The van der Waals surface area contributed by atoms with E-state index >= 15 is 0 Å². The first-order valence-electron chi connectivity index (χ1n) is 9.19. The van der Waals surface area contributed by atoms with Crippen molar-refractivity contribution in [2.75, 3.05) is 37.4 Å². The zero-order valence-electron chi connectivity index (χ0n) is 18.4. The van der Waals surface area contributed by atoms with E-state index in [-0.39, 0.29) is 40.9 Å². The number of nitro benzene ring substituents is 2. The molecule has 0 aromatic heterocycles. The molecule has 0 radical (unpaired) electrons. The zero-order valence-corrected chi connectivity index (χ0v) is 22.8. The van der Waals surface area contributed by atoms with Crippen LogP contribution in [0.3, 0.4) is 0 Å². The predicted molar refractivity (Wildman–Crippen MR) is 129 cm³/mol. The number of hydrogen-bond donors (Lipinski definition) is 0. The maximum absolute atomic E-state index is 10.6. The zero-order chi connectivity index (χ0) is 23.5. The molecule has 172 valence electrons. The predicted octanol–water partition coefficient (Wildman–Crippen LogP) is 2.50. The van der Waals surface area contributed by atoms with Gasteiger partial charge in [-0.05, 0) is 37.0 Å². The minimum Gasteiger partial charge on any atom is -0.796 e. The van der Waals surface area contributed by atoms with E-state index in [1.165, 1.54) is 12.1 Å². The molecule has 0 aliphatic carbocycles. The van der Waals surface area contributed by atoms with Crippen LogP contribution in [0.2, 0.25) is 0 Å². The largest absolute Gasteiger partial charge is 1.00 e. The van der Waals surface area contributed by atoms with Gasteiger partial charge < -0.3 is 22.1 Å². The van der Waals surface area contributed by atoms with Crippen molar-refractivity contribution in [1.29, 1.82) is 0 Å². The van der Waals surface area contributed by atoms with Gasteiger partial charge in [0.15, 0.2) is 11.5 Å². The molecule has 12 heteroatoms. The third-order valence-corrected chi connectivity index (χ3v) is 4.37. The number of thioether (sulfide) groups is 1. The number of halogens is 1. The van der Waals surface area contributed by atoms with Crippen molar-refractivity contribution in [2.24, 2.45) is 0 Å². The molecule has 8 nitrogen and oxygen atoms in total. The molecule has 0 N–H and O–H groups in total. The molecule has 0 bridgehead atoms. The summed E-state index contributed by atoms with van der Waals surface area (Å²) in [5.41, 5.74) is 0.0173. The average Bonchev–Trinajstić information content (AvgIpc) is 2.79. The Morgan fingerprint density at radius 3 is 1.66 bits per heavy atom. The Bertz CT molecular complexity index is 789. The fourth-order valence-corrected chi connectivity index (χ4v) is 2.60. The van der Waals surface area contributed by atoms with Gasteiger partial charge in [-0.25, -0.2) is 0 Å². The van der Waals surface area contributed by atoms with Crippen molar-refractivity contribution < 1.29 is 48.9 Å². The van der Waals surface area contributed by atoms with Crippen LogP contribution in [-0.2, 0) is 12.6 Å². The van der Waals surface area contributed by atoms with Gasteiger partial charge in [0.05, 0.1) is 23.1 Å². The molecule has 0 heterocycles. The van der Waals surface area contributed by atoms with Gasteiger partial charge in [-0.15, -0.1) is 11.6 Å². The Morgan fingerprint density at radius 2 is 1.28 bits per heavy atom. The van der Waals surface area contributed by atoms with Crippen molar-refractivity contribution in [3.63, 3.8) is 0 Å². The van der Waals surface area contributed by atoms with Crippen molar-refractivity contribution in [2.45, 2.75) is 12.8 Å². The molecule has 0 aliphatic heterocycles. The van der Waals surface area contributed by atoms with E-state index in [1.54, 1.807) is 54.4 Å². The summed E-state index contributed by atoms with van der Waals surface area (Å²) >= 11 is 11.3. The van der Waals surface area contributed by atoms with Gasteiger partial charge in [0.2, 0.25) is 0 Å². The second-order valence-corrected chi connectivity index (χ2v) is 6.90. The van der Waals surface area contributed by atoms with Crippen LogP contribution in [0.15, 0.2) is 48.5 Å². The van der Waals surface area contributed by atoms with Crippen molar-refractivity contribution in [3.8, 4) is 11.5 Å². The van der Waals surface area contributed by atoms with Gasteiger partial charge in [-0.3, -0.25) is 20.2 Å².